The van der Waals surface area contributed by atoms with E-state index in [2.05, 4.69) is 41.5 Å². The molecule has 3 rings (SSSR count). The van der Waals surface area contributed by atoms with E-state index in [1.54, 1.807) is 6.26 Å². The van der Waals surface area contributed by atoms with Gasteiger partial charge in [-0.3, -0.25) is 0 Å². The van der Waals surface area contributed by atoms with E-state index in [-0.39, 0.29) is 0 Å². The highest BCUT2D eigenvalue weighted by Gasteiger charge is 2.11. The minimum absolute atomic E-state index is 0.312. The predicted octanol–water partition coefficient (Wildman–Crippen LogP) is 4.98. The lowest BCUT2D eigenvalue weighted by atomic mass is 10.0. The first-order valence-corrected chi connectivity index (χ1v) is 8.76. The summed E-state index contributed by atoms with van der Waals surface area (Å²) in [6, 6.07) is 18.6. The molecule has 0 aliphatic rings. The van der Waals surface area contributed by atoms with Gasteiger partial charge in [-0.05, 0) is 43.2 Å². The molecule has 0 radical (unpaired) electrons. The Morgan fingerprint density at radius 2 is 1.80 bits per heavy atom. The predicted molar refractivity (Wildman–Crippen MR) is 99.4 cm³/mol. The average molecular weight is 336 g/mol. The van der Waals surface area contributed by atoms with Crippen LogP contribution >= 0.6 is 0 Å². The van der Waals surface area contributed by atoms with Gasteiger partial charge in [-0.2, -0.15) is 0 Å². The van der Waals surface area contributed by atoms with Crippen molar-refractivity contribution in [1.82, 2.24) is 10.3 Å². The maximum atomic E-state index is 5.63. The summed E-state index contributed by atoms with van der Waals surface area (Å²) in [5.41, 5.74) is 3.14. The highest BCUT2D eigenvalue weighted by Crippen LogP contribution is 2.22. The SMILES string of the molecule is CCOc1ccc(-c2nc(CNC(CC)c3ccccc3)co2)cc1. The summed E-state index contributed by atoms with van der Waals surface area (Å²) < 4.78 is 11.1. The van der Waals surface area contributed by atoms with Gasteiger partial charge in [-0.25, -0.2) is 4.98 Å². The van der Waals surface area contributed by atoms with Crippen LogP contribution in [0.4, 0.5) is 0 Å². The summed E-state index contributed by atoms with van der Waals surface area (Å²) >= 11 is 0. The molecule has 0 saturated heterocycles. The molecule has 0 bridgehead atoms. The van der Waals surface area contributed by atoms with Crippen LogP contribution < -0.4 is 10.1 Å². The summed E-state index contributed by atoms with van der Waals surface area (Å²) in [7, 11) is 0. The van der Waals surface area contributed by atoms with E-state index in [0.717, 1.165) is 23.4 Å². The molecule has 1 atom stereocenters. The quantitative estimate of drug-likeness (QED) is 0.630. The zero-order valence-corrected chi connectivity index (χ0v) is 14.7. The van der Waals surface area contributed by atoms with E-state index in [1.807, 2.05) is 37.3 Å². The smallest absolute Gasteiger partial charge is 0.226 e. The average Bonchev–Trinajstić information content (AvgIpc) is 3.13. The summed E-state index contributed by atoms with van der Waals surface area (Å²) in [5, 5.41) is 3.55. The third-order valence-electron chi connectivity index (χ3n) is 4.10. The molecule has 1 unspecified atom stereocenters. The van der Waals surface area contributed by atoms with E-state index >= 15 is 0 Å². The van der Waals surface area contributed by atoms with Crippen molar-refractivity contribution in [3.63, 3.8) is 0 Å². The lowest BCUT2D eigenvalue weighted by Gasteiger charge is -2.16. The number of hydrogen-bond donors (Lipinski definition) is 1. The molecular formula is C21H24N2O2. The fourth-order valence-corrected chi connectivity index (χ4v) is 2.79. The van der Waals surface area contributed by atoms with Gasteiger partial charge in [0.1, 0.15) is 12.0 Å². The third kappa shape index (κ3) is 4.48. The zero-order chi connectivity index (χ0) is 17.5. The minimum Gasteiger partial charge on any atom is -0.494 e. The molecule has 4 heteroatoms. The fraction of sp³-hybridized carbons (Fsp3) is 0.286. The monoisotopic (exact) mass is 336 g/mol. The van der Waals surface area contributed by atoms with E-state index in [0.29, 0.717) is 25.1 Å². The van der Waals surface area contributed by atoms with Gasteiger partial charge in [0.2, 0.25) is 5.89 Å². The molecule has 0 aliphatic heterocycles. The van der Waals surface area contributed by atoms with Gasteiger partial charge in [0.05, 0.1) is 12.3 Å². The Kier molecular flexibility index (Phi) is 5.86. The largest absolute Gasteiger partial charge is 0.494 e. The van der Waals surface area contributed by atoms with Gasteiger partial charge < -0.3 is 14.5 Å². The van der Waals surface area contributed by atoms with Crippen molar-refractivity contribution >= 4 is 0 Å². The summed E-state index contributed by atoms with van der Waals surface area (Å²) in [6.07, 6.45) is 2.74. The Bertz CT molecular complexity index is 766. The van der Waals surface area contributed by atoms with Crippen LogP contribution in [0.25, 0.3) is 11.5 Å². The lowest BCUT2D eigenvalue weighted by Crippen LogP contribution is -2.20. The van der Waals surface area contributed by atoms with E-state index in [1.165, 1.54) is 5.56 Å². The van der Waals surface area contributed by atoms with Crippen LogP contribution in [0, 0.1) is 0 Å². The fourth-order valence-electron chi connectivity index (χ4n) is 2.79. The van der Waals surface area contributed by atoms with E-state index in [9.17, 15) is 0 Å². The molecule has 0 fully saturated rings. The highest BCUT2D eigenvalue weighted by molar-refractivity contribution is 5.54. The van der Waals surface area contributed by atoms with Gasteiger partial charge in [0, 0.05) is 18.2 Å². The summed E-state index contributed by atoms with van der Waals surface area (Å²) in [6.45, 7) is 5.49. The second kappa shape index (κ2) is 8.49. The maximum absolute atomic E-state index is 5.63. The van der Waals surface area contributed by atoms with Crippen molar-refractivity contribution < 1.29 is 9.15 Å². The molecule has 1 aromatic heterocycles. The molecule has 1 heterocycles. The van der Waals surface area contributed by atoms with Crippen molar-refractivity contribution in [2.45, 2.75) is 32.9 Å². The number of benzene rings is 2. The molecule has 0 saturated carbocycles. The van der Waals surface area contributed by atoms with Crippen molar-refractivity contribution in [3.05, 3.63) is 72.1 Å². The molecule has 0 spiro atoms. The Balaban J connectivity index is 1.63. The van der Waals surface area contributed by atoms with Crippen LogP contribution in [-0.4, -0.2) is 11.6 Å². The van der Waals surface area contributed by atoms with Gasteiger partial charge in [-0.1, -0.05) is 37.3 Å². The van der Waals surface area contributed by atoms with Crippen molar-refractivity contribution in [3.8, 4) is 17.2 Å². The first kappa shape index (κ1) is 17.2. The Hall–Kier alpha value is -2.59. The topological polar surface area (TPSA) is 47.3 Å². The molecule has 0 amide bonds. The Morgan fingerprint density at radius 1 is 1.04 bits per heavy atom. The van der Waals surface area contributed by atoms with Crippen molar-refractivity contribution in [2.75, 3.05) is 6.61 Å². The summed E-state index contributed by atoms with van der Waals surface area (Å²) in [4.78, 5) is 4.59. The van der Waals surface area contributed by atoms with Gasteiger partial charge in [-0.15, -0.1) is 0 Å². The molecule has 130 valence electrons. The number of oxazole rings is 1. The molecule has 2 aromatic carbocycles. The van der Waals surface area contributed by atoms with Crippen LogP contribution in [0.2, 0.25) is 0 Å². The van der Waals surface area contributed by atoms with Crippen LogP contribution in [0.15, 0.2) is 65.3 Å². The van der Waals surface area contributed by atoms with Crippen LogP contribution in [0.1, 0.15) is 37.6 Å². The summed E-state index contributed by atoms with van der Waals surface area (Å²) in [5.74, 6) is 1.49. The number of ether oxygens (including phenoxy) is 1. The zero-order valence-electron chi connectivity index (χ0n) is 14.7. The number of rotatable bonds is 8. The molecule has 25 heavy (non-hydrogen) atoms. The first-order valence-electron chi connectivity index (χ1n) is 8.76. The van der Waals surface area contributed by atoms with Gasteiger partial charge >= 0.3 is 0 Å². The lowest BCUT2D eigenvalue weighted by molar-refractivity contribution is 0.340. The Morgan fingerprint density at radius 3 is 2.48 bits per heavy atom. The van der Waals surface area contributed by atoms with Crippen molar-refractivity contribution in [1.29, 1.82) is 0 Å². The van der Waals surface area contributed by atoms with Crippen LogP contribution in [-0.2, 0) is 6.54 Å². The first-order chi connectivity index (χ1) is 12.3. The van der Waals surface area contributed by atoms with E-state index < -0.39 is 0 Å². The van der Waals surface area contributed by atoms with Gasteiger partial charge in [0.15, 0.2) is 0 Å². The second-order valence-electron chi connectivity index (χ2n) is 5.85. The number of aromatic nitrogens is 1. The highest BCUT2D eigenvalue weighted by atomic mass is 16.5. The molecular weight excluding hydrogens is 312 g/mol. The minimum atomic E-state index is 0.312. The van der Waals surface area contributed by atoms with Crippen molar-refractivity contribution in [2.24, 2.45) is 0 Å². The van der Waals surface area contributed by atoms with Crippen LogP contribution in [0.5, 0.6) is 5.75 Å². The third-order valence-corrected chi connectivity index (χ3v) is 4.10. The number of nitrogens with zero attached hydrogens (tertiary/aromatic N) is 1. The number of hydrogen-bond acceptors (Lipinski definition) is 4. The van der Waals surface area contributed by atoms with Crippen LogP contribution in [0.3, 0.4) is 0 Å². The molecule has 4 nitrogen and oxygen atoms in total. The molecule has 0 aliphatic carbocycles. The standard InChI is InChI=1S/C21H24N2O2/c1-3-20(16-8-6-5-7-9-16)22-14-18-15-25-21(23-18)17-10-12-19(13-11-17)24-4-2/h5-13,15,20,22H,3-4,14H2,1-2H3. The maximum Gasteiger partial charge on any atom is 0.226 e. The normalized spacial score (nSPS) is 12.1. The second-order valence-corrected chi connectivity index (χ2v) is 5.85. The molecule has 3 aromatic rings. The molecule has 1 N–H and O–H groups in total. The van der Waals surface area contributed by atoms with E-state index in [4.69, 9.17) is 9.15 Å². The van der Waals surface area contributed by atoms with Gasteiger partial charge in [0.25, 0.3) is 0 Å². The number of nitrogens with one attached hydrogen (secondary N) is 1. The Labute approximate surface area is 148 Å².